The molecular formula is C14H21ClN2. The van der Waals surface area contributed by atoms with Gasteiger partial charge in [0.15, 0.2) is 0 Å². The number of aromatic nitrogens is 1. The first-order valence-electron chi connectivity index (χ1n) is 6.38. The van der Waals surface area contributed by atoms with Crippen molar-refractivity contribution in [1.82, 2.24) is 9.88 Å². The average Bonchev–Trinajstić information content (AvgIpc) is 2.41. The van der Waals surface area contributed by atoms with Crippen LogP contribution >= 0.6 is 11.6 Å². The van der Waals surface area contributed by atoms with Gasteiger partial charge in [-0.15, -0.1) is 0 Å². The first kappa shape index (κ1) is 12.8. The summed E-state index contributed by atoms with van der Waals surface area (Å²) in [5, 5.41) is 0.595. The molecule has 2 heterocycles. The van der Waals surface area contributed by atoms with Crippen LogP contribution in [-0.4, -0.2) is 23.0 Å². The minimum Gasteiger partial charge on any atom is -0.299 e. The molecule has 0 spiro atoms. The van der Waals surface area contributed by atoms with E-state index in [0.717, 1.165) is 6.54 Å². The van der Waals surface area contributed by atoms with Crippen LogP contribution in [0.1, 0.15) is 38.7 Å². The Hall–Kier alpha value is -0.600. The van der Waals surface area contributed by atoms with E-state index in [1.807, 2.05) is 6.07 Å². The third-order valence-corrected chi connectivity index (χ3v) is 3.84. The predicted molar refractivity (Wildman–Crippen MR) is 72.2 cm³/mol. The molecule has 94 valence electrons. The summed E-state index contributed by atoms with van der Waals surface area (Å²) in [4.78, 5) is 6.55. The molecule has 1 aromatic heterocycles. The highest BCUT2D eigenvalue weighted by Crippen LogP contribution is 2.30. The summed E-state index contributed by atoms with van der Waals surface area (Å²) in [6.45, 7) is 8.13. The van der Waals surface area contributed by atoms with Crippen molar-refractivity contribution in [2.24, 2.45) is 5.41 Å². The lowest BCUT2D eigenvalue weighted by Gasteiger charge is -2.23. The second kappa shape index (κ2) is 5.36. The van der Waals surface area contributed by atoms with Gasteiger partial charge in [-0.25, -0.2) is 4.98 Å². The van der Waals surface area contributed by atoms with E-state index in [1.54, 1.807) is 6.20 Å². The number of halogens is 1. The normalized spacial score (nSPS) is 21.1. The van der Waals surface area contributed by atoms with Crippen molar-refractivity contribution in [2.45, 2.75) is 39.7 Å². The largest absolute Gasteiger partial charge is 0.299 e. The Balaban J connectivity index is 1.95. The van der Waals surface area contributed by atoms with Crippen molar-refractivity contribution in [3.05, 3.63) is 29.0 Å². The fraction of sp³-hybridized carbons (Fsp3) is 0.643. The summed E-state index contributed by atoms with van der Waals surface area (Å²) < 4.78 is 0. The van der Waals surface area contributed by atoms with Gasteiger partial charge in [0.2, 0.25) is 0 Å². The maximum absolute atomic E-state index is 5.91. The monoisotopic (exact) mass is 252 g/mol. The Kier molecular flexibility index (Phi) is 4.05. The molecule has 0 unspecified atom stereocenters. The lowest BCUT2D eigenvalue weighted by Crippen LogP contribution is -2.25. The first-order valence-corrected chi connectivity index (χ1v) is 6.76. The van der Waals surface area contributed by atoms with E-state index in [1.165, 1.54) is 37.9 Å². The van der Waals surface area contributed by atoms with Gasteiger partial charge in [-0.1, -0.05) is 25.4 Å². The zero-order valence-electron chi connectivity index (χ0n) is 10.7. The quantitative estimate of drug-likeness (QED) is 0.746. The van der Waals surface area contributed by atoms with Crippen LogP contribution in [0.2, 0.25) is 5.15 Å². The van der Waals surface area contributed by atoms with E-state index >= 15 is 0 Å². The molecule has 0 saturated carbocycles. The molecule has 0 aliphatic carbocycles. The van der Waals surface area contributed by atoms with Crippen molar-refractivity contribution in [2.75, 3.05) is 13.1 Å². The molecule has 0 bridgehead atoms. The second-order valence-corrected chi connectivity index (χ2v) is 6.17. The Bertz CT molecular complexity index is 376. The van der Waals surface area contributed by atoms with Crippen LogP contribution in [0.25, 0.3) is 0 Å². The SMILES string of the molecule is CC1(C)CCCN(Cc2ccnc(Cl)c2)CC1. The molecule has 0 aromatic carbocycles. The molecule has 1 saturated heterocycles. The zero-order chi connectivity index (χ0) is 12.3. The fourth-order valence-electron chi connectivity index (χ4n) is 2.44. The van der Waals surface area contributed by atoms with E-state index in [9.17, 15) is 0 Å². The van der Waals surface area contributed by atoms with Gasteiger partial charge in [0.05, 0.1) is 0 Å². The summed E-state index contributed by atoms with van der Waals surface area (Å²) >= 11 is 5.91. The van der Waals surface area contributed by atoms with E-state index in [0.29, 0.717) is 10.6 Å². The van der Waals surface area contributed by atoms with E-state index in [2.05, 4.69) is 29.8 Å². The van der Waals surface area contributed by atoms with Gasteiger partial charge in [-0.05, 0) is 55.5 Å². The molecule has 2 rings (SSSR count). The highest BCUT2D eigenvalue weighted by Gasteiger charge is 2.22. The second-order valence-electron chi connectivity index (χ2n) is 5.78. The summed E-state index contributed by atoms with van der Waals surface area (Å²) in [5.41, 5.74) is 1.77. The number of nitrogens with zero attached hydrogens (tertiary/aromatic N) is 2. The molecule has 1 fully saturated rings. The van der Waals surface area contributed by atoms with Gasteiger partial charge >= 0.3 is 0 Å². The predicted octanol–water partition coefficient (Wildman–Crippen LogP) is 3.75. The summed E-state index contributed by atoms with van der Waals surface area (Å²) in [7, 11) is 0. The van der Waals surface area contributed by atoms with Gasteiger partial charge in [0, 0.05) is 12.7 Å². The standard InChI is InChI=1S/C14H21ClN2/c1-14(2)5-3-8-17(9-6-14)11-12-4-7-16-13(15)10-12/h4,7,10H,3,5-6,8-9,11H2,1-2H3. The van der Waals surface area contributed by atoms with Crippen LogP contribution < -0.4 is 0 Å². The Morgan fingerprint density at radius 2 is 2.18 bits per heavy atom. The van der Waals surface area contributed by atoms with Crippen LogP contribution in [0.5, 0.6) is 0 Å². The maximum atomic E-state index is 5.91. The number of hydrogen-bond donors (Lipinski definition) is 0. The fourth-order valence-corrected chi connectivity index (χ4v) is 2.63. The Morgan fingerprint density at radius 1 is 1.35 bits per heavy atom. The minimum atomic E-state index is 0.505. The molecule has 0 N–H and O–H groups in total. The van der Waals surface area contributed by atoms with Gasteiger partial charge < -0.3 is 0 Å². The first-order chi connectivity index (χ1) is 8.05. The van der Waals surface area contributed by atoms with Crippen LogP contribution in [0, 0.1) is 5.41 Å². The van der Waals surface area contributed by atoms with Crippen LogP contribution in [-0.2, 0) is 6.54 Å². The zero-order valence-corrected chi connectivity index (χ0v) is 11.5. The average molecular weight is 253 g/mol. The molecule has 1 aliphatic rings. The lowest BCUT2D eigenvalue weighted by molar-refractivity contribution is 0.256. The molecule has 1 aliphatic heterocycles. The van der Waals surface area contributed by atoms with Gasteiger partial charge in [0.1, 0.15) is 5.15 Å². The van der Waals surface area contributed by atoms with E-state index in [-0.39, 0.29) is 0 Å². The van der Waals surface area contributed by atoms with Crippen molar-refractivity contribution in [3.8, 4) is 0 Å². The van der Waals surface area contributed by atoms with Crippen molar-refractivity contribution >= 4 is 11.6 Å². The topological polar surface area (TPSA) is 16.1 Å². The molecule has 0 atom stereocenters. The van der Waals surface area contributed by atoms with Crippen molar-refractivity contribution in [3.63, 3.8) is 0 Å². The molecule has 0 amide bonds. The van der Waals surface area contributed by atoms with Gasteiger partial charge in [0.25, 0.3) is 0 Å². The van der Waals surface area contributed by atoms with Gasteiger partial charge in [-0.2, -0.15) is 0 Å². The van der Waals surface area contributed by atoms with Crippen LogP contribution in [0.4, 0.5) is 0 Å². The number of rotatable bonds is 2. The summed E-state index contributed by atoms with van der Waals surface area (Å²) in [5.74, 6) is 0. The summed E-state index contributed by atoms with van der Waals surface area (Å²) in [6.07, 6.45) is 5.71. The molecule has 0 radical (unpaired) electrons. The molecule has 2 nitrogen and oxygen atoms in total. The maximum Gasteiger partial charge on any atom is 0.129 e. The highest BCUT2D eigenvalue weighted by atomic mass is 35.5. The Morgan fingerprint density at radius 3 is 2.94 bits per heavy atom. The molecule has 17 heavy (non-hydrogen) atoms. The molecule has 1 aromatic rings. The van der Waals surface area contributed by atoms with Crippen molar-refractivity contribution in [1.29, 1.82) is 0 Å². The summed E-state index contributed by atoms with van der Waals surface area (Å²) in [6, 6.07) is 4.03. The lowest BCUT2D eigenvalue weighted by atomic mass is 9.85. The van der Waals surface area contributed by atoms with Crippen LogP contribution in [0.15, 0.2) is 18.3 Å². The van der Waals surface area contributed by atoms with Gasteiger partial charge in [-0.3, -0.25) is 4.90 Å². The third-order valence-electron chi connectivity index (χ3n) is 3.63. The Labute approximate surface area is 109 Å². The van der Waals surface area contributed by atoms with E-state index in [4.69, 9.17) is 11.6 Å². The van der Waals surface area contributed by atoms with Crippen LogP contribution in [0.3, 0.4) is 0 Å². The molecular weight excluding hydrogens is 232 g/mol. The molecule has 3 heteroatoms. The minimum absolute atomic E-state index is 0.505. The highest BCUT2D eigenvalue weighted by molar-refractivity contribution is 6.29. The smallest absolute Gasteiger partial charge is 0.129 e. The number of pyridine rings is 1. The van der Waals surface area contributed by atoms with E-state index < -0.39 is 0 Å². The third kappa shape index (κ3) is 3.97. The number of likely N-dealkylation sites (tertiary alicyclic amines) is 1. The number of hydrogen-bond acceptors (Lipinski definition) is 2. The van der Waals surface area contributed by atoms with Crippen molar-refractivity contribution < 1.29 is 0 Å².